The van der Waals surface area contributed by atoms with E-state index in [-0.39, 0.29) is 45.5 Å². The van der Waals surface area contributed by atoms with Crippen LogP contribution in [0.4, 0.5) is 0 Å². The summed E-state index contributed by atoms with van der Waals surface area (Å²) in [6.45, 7) is 1.21. The van der Waals surface area contributed by atoms with Gasteiger partial charge in [0, 0.05) is 24.6 Å². The smallest absolute Gasteiger partial charge is 0.308 e. The molecule has 158 valence electrons. The number of esters is 1. The van der Waals surface area contributed by atoms with Crippen LogP contribution in [0.1, 0.15) is 6.92 Å². The minimum atomic E-state index is -0.614. The van der Waals surface area contributed by atoms with Crippen molar-refractivity contribution >= 4 is 16.9 Å². The van der Waals surface area contributed by atoms with Crippen molar-refractivity contribution < 1.29 is 38.0 Å². The molecule has 0 spiro atoms. The van der Waals surface area contributed by atoms with Gasteiger partial charge in [-0.25, -0.2) is 0 Å². The Labute approximate surface area is 171 Å². The highest BCUT2D eigenvalue weighted by Gasteiger charge is 2.23. The van der Waals surface area contributed by atoms with E-state index >= 15 is 0 Å². The number of phenols is 1. The summed E-state index contributed by atoms with van der Waals surface area (Å²) in [5.41, 5.74) is -0.166. The summed E-state index contributed by atoms with van der Waals surface area (Å²) in [5, 5.41) is 10.3. The summed E-state index contributed by atoms with van der Waals surface area (Å²) in [6.07, 6.45) is 0. The highest BCUT2D eigenvalue weighted by molar-refractivity contribution is 5.90. The Morgan fingerprint density at radius 2 is 1.60 bits per heavy atom. The summed E-state index contributed by atoms with van der Waals surface area (Å²) < 4.78 is 32.0. The van der Waals surface area contributed by atoms with E-state index in [9.17, 15) is 14.7 Å². The summed E-state index contributed by atoms with van der Waals surface area (Å²) in [5.74, 6) is -0.301. The molecule has 0 aliphatic rings. The van der Waals surface area contributed by atoms with Gasteiger partial charge < -0.3 is 33.2 Å². The third-order valence-corrected chi connectivity index (χ3v) is 4.31. The van der Waals surface area contributed by atoms with E-state index in [2.05, 4.69) is 0 Å². The Bertz CT molecular complexity index is 1180. The molecule has 1 aromatic heterocycles. The summed E-state index contributed by atoms with van der Waals surface area (Å²) >= 11 is 0. The predicted octanol–water partition coefficient (Wildman–Crippen LogP) is 3.13. The van der Waals surface area contributed by atoms with Crippen LogP contribution in [-0.4, -0.2) is 39.5 Å². The van der Waals surface area contributed by atoms with E-state index in [1.54, 1.807) is 0 Å². The standard InChI is InChI=1S/C21H20O9/c1-10(22)29-14-8-12(25-2)9-15-17(14)18(24)21(28-5)19(30-15)11-6-13(23)20(27-4)16(7-11)26-3/h6-9,23H,1-5H3. The molecule has 0 saturated carbocycles. The fourth-order valence-electron chi connectivity index (χ4n) is 3.05. The van der Waals surface area contributed by atoms with Gasteiger partial charge in [-0.05, 0) is 12.1 Å². The molecule has 9 heteroatoms. The number of aromatic hydroxyl groups is 1. The van der Waals surface area contributed by atoms with Crippen LogP contribution < -0.4 is 29.1 Å². The number of phenolic OH excluding ortho intramolecular Hbond substituents is 1. The van der Waals surface area contributed by atoms with Gasteiger partial charge in [0.2, 0.25) is 16.9 Å². The summed E-state index contributed by atoms with van der Waals surface area (Å²) in [4.78, 5) is 24.7. The molecule has 1 heterocycles. The number of rotatable bonds is 6. The molecule has 9 nitrogen and oxygen atoms in total. The van der Waals surface area contributed by atoms with Gasteiger partial charge in [0.15, 0.2) is 17.3 Å². The Morgan fingerprint density at radius 1 is 0.900 bits per heavy atom. The number of hydrogen-bond donors (Lipinski definition) is 1. The molecule has 1 N–H and O–H groups in total. The second kappa shape index (κ2) is 8.24. The Balaban J connectivity index is 2.38. The van der Waals surface area contributed by atoms with Gasteiger partial charge in [-0.1, -0.05) is 0 Å². The number of hydrogen-bond acceptors (Lipinski definition) is 9. The lowest BCUT2D eigenvalue weighted by molar-refractivity contribution is -0.131. The minimum absolute atomic E-state index is 0.0105. The van der Waals surface area contributed by atoms with E-state index in [1.165, 1.54) is 59.6 Å². The molecule has 0 radical (unpaired) electrons. The predicted molar refractivity (Wildman–Crippen MR) is 107 cm³/mol. The van der Waals surface area contributed by atoms with Crippen molar-refractivity contribution in [3.63, 3.8) is 0 Å². The topological polar surface area (TPSA) is 114 Å². The SMILES string of the molecule is COc1cc(OC(C)=O)c2c(=O)c(OC)c(-c3cc(O)c(OC)c(OC)c3)oc2c1. The normalized spacial score (nSPS) is 10.6. The minimum Gasteiger partial charge on any atom is -0.504 e. The van der Waals surface area contributed by atoms with Crippen molar-refractivity contribution in [2.75, 3.05) is 28.4 Å². The number of ether oxygens (including phenoxy) is 5. The molecule has 2 aromatic carbocycles. The summed E-state index contributed by atoms with van der Waals surface area (Å²) in [7, 11) is 5.52. The molecule has 0 saturated heterocycles. The van der Waals surface area contributed by atoms with Gasteiger partial charge >= 0.3 is 5.97 Å². The number of benzene rings is 2. The van der Waals surface area contributed by atoms with Gasteiger partial charge in [0.05, 0.1) is 28.4 Å². The summed E-state index contributed by atoms with van der Waals surface area (Å²) in [6, 6.07) is 5.76. The molecule has 0 fully saturated rings. The van der Waals surface area contributed by atoms with Crippen LogP contribution in [0.5, 0.6) is 34.5 Å². The van der Waals surface area contributed by atoms with Crippen LogP contribution in [-0.2, 0) is 4.79 Å². The largest absolute Gasteiger partial charge is 0.504 e. The van der Waals surface area contributed by atoms with Crippen molar-refractivity contribution in [2.45, 2.75) is 6.92 Å². The zero-order valence-electron chi connectivity index (χ0n) is 17.0. The fourth-order valence-corrected chi connectivity index (χ4v) is 3.05. The molecule has 0 bridgehead atoms. The highest BCUT2D eigenvalue weighted by atomic mass is 16.5. The zero-order chi connectivity index (χ0) is 22.0. The van der Waals surface area contributed by atoms with Crippen molar-refractivity contribution in [1.29, 1.82) is 0 Å². The molecule has 0 unspecified atom stereocenters. The lowest BCUT2D eigenvalue weighted by Gasteiger charge is -2.14. The average molecular weight is 416 g/mol. The first-order chi connectivity index (χ1) is 14.3. The second-order valence-electron chi connectivity index (χ2n) is 6.12. The molecule has 3 aromatic rings. The van der Waals surface area contributed by atoms with Crippen LogP contribution in [0.15, 0.2) is 33.5 Å². The third-order valence-electron chi connectivity index (χ3n) is 4.31. The average Bonchev–Trinajstić information content (AvgIpc) is 2.71. The van der Waals surface area contributed by atoms with Gasteiger partial charge in [0.25, 0.3) is 0 Å². The zero-order valence-corrected chi connectivity index (χ0v) is 17.0. The Kier molecular flexibility index (Phi) is 5.72. The molecule has 3 rings (SSSR count). The van der Waals surface area contributed by atoms with Gasteiger partial charge in [0.1, 0.15) is 22.5 Å². The first-order valence-corrected chi connectivity index (χ1v) is 8.71. The number of methoxy groups -OCH3 is 4. The molecule has 0 aliphatic heterocycles. The maximum Gasteiger partial charge on any atom is 0.308 e. The molecular formula is C21H20O9. The first-order valence-electron chi connectivity index (χ1n) is 8.71. The van der Waals surface area contributed by atoms with E-state index < -0.39 is 11.4 Å². The van der Waals surface area contributed by atoms with E-state index in [0.717, 1.165) is 0 Å². The van der Waals surface area contributed by atoms with Crippen molar-refractivity contribution in [3.8, 4) is 45.8 Å². The van der Waals surface area contributed by atoms with Crippen LogP contribution in [0.3, 0.4) is 0 Å². The molecule has 0 aliphatic carbocycles. The number of fused-ring (bicyclic) bond motifs is 1. The van der Waals surface area contributed by atoms with Crippen molar-refractivity contribution in [2.24, 2.45) is 0 Å². The Hall–Kier alpha value is -3.88. The molecule has 0 amide bonds. The second-order valence-corrected chi connectivity index (χ2v) is 6.12. The van der Waals surface area contributed by atoms with Crippen LogP contribution in [0, 0.1) is 0 Å². The molecule has 0 atom stereocenters. The molecular weight excluding hydrogens is 396 g/mol. The van der Waals surface area contributed by atoms with E-state index in [4.69, 9.17) is 28.1 Å². The van der Waals surface area contributed by atoms with Gasteiger partial charge in [-0.15, -0.1) is 0 Å². The lowest BCUT2D eigenvalue weighted by atomic mass is 10.1. The maximum absolute atomic E-state index is 13.2. The number of carbonyl (C=O) groups is 1. The Morgan fingerprint density at radius 3 is 2.17 bits per heavy atom. The van der Waals surface area contributed by atoms with Crippen LogP contribution in [0.2, 0.25) is 0 Å². The third kappa shape index (κ3) is 3.57. The van der Waals surface area contributed by atoms with E-state index in [0.29, 0.717) is 11.3 Å². The van der Waals surface area contributed by atoms with Gasteiger partial charge in [-0.2, -0.15) is 0 Å². The van der Waals surface area contributed by atoms with Crippen molar-refractivity contribution in [3.05, 3.63) is 34.5 Å². The van der Waals surface area contributed by atoms with Crippen LogP contribution in [0.25, 0.3) is 22.3 Å². The molecule has 30 heavy (non-hydrogen) atoms. The van der Waals surface area contributed by atoms with Crippen LogP contribution >= 0.6 is 0 Å². The van der Waals surface area contributed by atoms with E-state index in [1.807, 2.05) is 0 Å². The maximum atomic E-state index is 13.2. The fraction of sp³-hybridized carbons (Fsp3) is 0.238. The van der Waals surface area contributed by atoms with Crippen molar-refractivity contribution in [1.82, 2.24) is 0 Å². The van der Waals surface area contributed by atoms with Gasteiger partial charge in [-0.3, -0.25) is 9.59 Å². The number of carbonyl (C=O) groups excluding carboxylic acids is 1. The highest BCUT2D eigenvalue weighted by Crippen LogP contribution is 2.43. The quantitative estimate of drug-likeness (QED) is 0.478. The lowest BCUT2D eigenvalue weighted by Crippen LogP contribution is -2.11. The first kappa shape index (κ1) is 20.8. The monoisotopic (exact) mass is 416 g/mol.